The second kappa shape index (κ2) is 15.1. The van der Waals surface area contributed by atoms with E-state index in [4.69, 9.17) is 0 Å². The second-order valence-electron chi connectivity index (χ2n) is 15.3. The zero-order valence-corrected chi connectivity index (χ0v) is 33.0. The Bertz CT molecular complexity index is 3290. The fraction of sp³-hybridized carbons (Fsp3) is 0. The normalized spacial score (nSPS) is 11.3. The second-order valence-corrected chi connectivity index (χ2v) is 15.3. The number of hydrogen-bond acceptors (Lipinski definition) is 1. The molecule has 11 aromatic rings. The molecular formula is C58H40N2. The fourth-order valence-corrected chi connectivity index (χ4v) is 9.01. The maximum Gasteiger partial charge on any atom is 0.0547 e. The molecule has 60 heavy (non-hydrogen) atoms. The van der Waals surface area contributed by atoms with Crippen LogP contribution in [0.15, 0.2) is 243 Å². The molecule has 0 atom stereocenters. The minimum Gasteiger partial charge on any atom is -0.310 e. The van der Waals surface area contributed by atoms with Crippen LogP contribution >= 0.6 is 0 Å². The Kier molecular flexibility index (Phi) is 8.87. The smallest absolute Gasteiger partial charge is 0.0547 e. The van der Waals surface area contributed by atoms with E-state index in [2.05, 4.69) is 252 Å². The van der Waals surface area contributed by atoms with E-state index in [1.807, 2.05) is 0 Å². The van der Waals surface area contributed by atoms with Crippen LogP contribution in [0, 0.1) is 0 Å². The molecule has 0 radical (unpaired) electrons. The van der Waals surface area contributed by atoms with Crippen molar-refractivity contribution in [2.45, 2.75) is 0 Å². The number of fused-ring (bicyclic) bond motifs is 4. The van der Waals surface area contributed by atoms with Crippen molar-refractivity contribution in [2.24, 2.45) is 0 Å². The van der Waals surface area contributed by atoms with Gasteiger partial charge in [-0.1, -0.05) is 188 Å². The summed E-state index contributed by atoms with van der Waals surface area (Å²) in [6.45, 7) is 0. The molecule has 2 nitrogen and oxygen atoms in total. The Labute approximate surface area is 350 Å². The van der Waals surface area contributed by atoms with Gasteiger partial charge in [0.05, 0.1) is 16.7 Å². The Hall–Kier alpha value is -7.94. The number of benzene rings is 10. The Morgan fingerprint density at radius 1 is 0.300 bits per heavy atom. The Morgan fingerprint density at radius 3 is 1.70 bits per heavy atom. The van der Waals surface area contributed by atoms with Crippen molar-refractivity contribution in [3.63, 3.8) is 0 Å². The summed E-state index contributed by atoms with van der Waals surface area (Å²) in [4.78, 5) is 2.41. The minimum absolute atomic E-state index is 1.09. The van der Waals surface area contributed by atoms with Crippen LogP contribution in [-0.4, -0.2) is 4.57 Å². The van der Waals surface area contributed by atoms with Gasteiger partial charge in [-0.3, -0.25) is 0 Å². The zero-order chi connectivity index (χ0) is 39.8. The quantitative estimate of drug-likeness (QED) is 0.150. The molecule has 2 heteroatoms. The summed E-state index contributed by atoms with van der Waals surface area (Å²) >= 11 is 0. The zero-order valence-electron chi connectivity index (χ0n) is 33.0. The molecule has 0 aliphatic carbocycles. The van der Waals surface area contributed by atoms with Crippen LogP contribution in [0.3, 0.4) is 0 Å². The molecule has 0 saturated carbocycles. The standard InChI is InChI=1S/C58H40N2/c1-4-17-41(18-5-1)45-35-38-54-57(40-45)60(47-24-8-3-9-25-47)56-32-16-30-53(58(54)56)46-23-14-26-49(39-46)59(55-31-13-12-28-52(55)43-19-6-2-7-20-43)48-36-33-44(34-37-48)51-29-15-22-42-21-10-11-27-50(42)51/h1-40H. The molecule has 0 aliphatic rings. The van der Waals surface area contributed by atoms with E-state index in [0.29, 0.717) is 0 Å². The van der Waals surface area contributed by atoms with E-state index in [-0.39, 0.29) is 0 Å². The Morgan fingerprint density at radius 2 is 0.883 bits per heavy atom. The van der Waals surface area contributed by atoms with Crippen LogP contribution in [0.2, 0.25) is 0 Å². The fourth-order valence-electron chi connectivity index (χ4n) is 9.01. The molecule has 0 saturated heterocycles. The minimum atomic E-state index is 1.09. The first-order valence-electron chi connectivity index (χ1n) is 20.6. The van der Waals surface area contributed by atoms with E-state index in [1.54, 1.807) is 0 Å². The van der Waals surface area contributed by atoms with E-state index in [1.165, 1.54) is 71.5 Å². The highest BCUT2D eigenvalue weighted by Crippen LogP contribution is 2.45. The van der Waals surface area contributed by atoms with Gasteiger partial charge in [0, 0.05) is 33.4 Å². The summed E-state index contributed by atoms with van der Waals surface area (Å²) in [7, 11) is 0. The molecular weight excluding hydrogens is 725 g/mol. The van der Waals surface area contributed by atoms with E-state index >= 15 is 0 Å². The lowest BCUT2D eigenvalue weighted by atomic mass is 9.96. The van der Waals surface area contributed by atoms with Gasteiger partial charge in [-0.2, -0.15) is 0 Å². The maximum absolute atomic E-state index is 2.42. The van der Waals surface area contributed by atoms with Crippen LogP contribution in [-0.2, 0) is 0 Å². The molecule has 0 fully saturated rings. The third kappa shape index (κ3) is 6.23. The number of hydrogen-bond donors (Lipinski definition) is 0. The van der Waals surface area contributed by atoms with Crippen molar-refractivity contribution in [3.8, 4) is 50.2 Å². The number of aromatic nitrogens is 1. The molecule has 1 heterocycles. The van der Waals surface area contributed by atoms with E-state index < -0.39 is 0 Å². The van der Waals surface area contributed by atoms with Gasteiger partial charge in [0.2, 0.25) is 0 Å². The van der Waals surface area contributed by atoms with Gasteiger partial charge in [0.15, 0.2) is 0 Å². The summed E-state index contributed by atoms with van der Waals surface area (Å²) in [6.07, 6.45) is 0. The first kappa shape index (κ1) is 35.2. The number of rotatable bonds is 8. The molecule has 0 unspecified atom stereocenters. The molecule has 10 aromatic carbocycles. The van der Waals surface area contributed by atoms with Crippen molar-refractivity contribution in [3.05, 3.63) is 243 Å². The largest absolute Gasteiger partial charge is 0.310 e. The lowest BCUT2D eigenvalue weighted by Crippen LogP contribution is -2.11. The lowest BCUT2D eigenvalue weighted by Gasteiger charge is -2.28. The molecule has 1 aromatic heterocycles. The predicted molar refractivity (Wildman–Crippen MR) is 255 cm³/mol. The summed E-state index contributed by atoms with van der Waals surface area (Å²) in [5.41, 5.74) is 16.3. The molecule has 0 bridgehead atoms. The van der Waals surface area contributed by atoms with Crippen LogP contribution < -0.4 is 4.90 Å². The van der Waals surface area contributed by atoms with Gasteiger partial charge in [0.1, 0.15) is 0 Å². The molecule has 0 amide bonds. The summed E-state index contributed by atoms with van der Waals surface area (Å²) in [5, 5.41) is 4.97. The van der Waals surface area contributed by atoms with Gasteiger partial charge in [-0.15, -0.1) is 0 Å². The molecule has 0 spiro atoms. The number of para-hydroxylation sites is 2. The summed E-state index contributed by atoms with van der Waals surface area (Å²) in [5.74, 6) is 0. The average Bonchev–Trinajstić information content (AvgIpc) is 3.67. The topological polar surface area (TPSA) is 8.17 Å². The van der Waals surface area contributed by atoms with Crippen LogP contribution in [0.25, 0.3) is 82.8 Å². The van der Waals surface area contributed by atoms with Crippen LogP contribution in [0.1, 0.15) is 0 Å². The van der Waals surface area contributed by atoms with Gasteiger partial charge < -0.3 is 9.47 Å². The number of anilines is 3. The van der Waals surface area contributed by atoms with Crippen molar-refractivity contribution in [2.75, 3.05) is 4.90 Å². The lowest BCUT2D eigenvalue weighted by molar-refractivity contribution is 1.18. The van der Waals surface area contributed by atoms with Crippen molar-refractivity contribution < 1.29 is 0 Å². The SMILES string of the molecule is c1ccc(-c2ccc3c4c(-c5cccc(N(c6ccc(-c7cccc8ccccc78)cc6)c6ccccc6-c6ccccc6)c5)cccc4n(-c4ccccc4)c3c2)cc1. The van der Waals surface area contributed by atoms with Crippen molar-refractivity contribution >= 4 is 49.6 Å². The third-order valence-corrected chi connectivity index (χ3v) is 11.8. The summed E-state index contributed by atoms with van der Waals surface area (Å²) < 4.78 is 2.42. The Balaban J connectivity index is 1.10. The predicted octanol–water partition coefficient (Wildman–Crippen LogP) is 16.1. The van der Waals surface area contributed by atoms with Crippen LogP contribution in [0.5, 0.6) is 0 Å². The van der Waals surface area contributed by atoms with Crippen molar-refractivity contribution in [1.82, 2.24) is 4.57 Å². The van der Waals surface area contributed by atoms with E-state index in [0.717, 1.165) is 28.3 Å². The molecule has 0 N–H and O–H groups in total. The van der Waals surface area contributed by atoms with Gasteiger partial charge >= 0.3 is 0 Å². The first-order chi connectivity index (χ1) is 29.8. The highest BCUT2D eigenvalue weighted by Gasteiger charge is 2.21. The van der Waals surface area contributed by atoms with Crippen LogP contribution in [0.4, 0.5) is 17.1 Å². The average molecular weight is 765 g/mol. The maximum atomic E-state index is 2.42. The van der Waals surface area contributed by atoms with E-state index in [9.17, 15) is 0 Å². The third-order valence-electron chi connectivity index (χ3n) is 11.8. The van der Waals surface area contributed by atoms with Gasteiger partial charge in [-0.05, 0) is 104 Å². The summed E-state index contributed by atoms with van der Waals surface area (Å²) in [6, 6.07) is 87.9. The number of nitrogens with zero attached hydrogens (tertiary/aromatic N) is 2. The first-order valence-corrected chi connectivity index (χ1v) is 20.6. The molecule has 11 rings (SSSR count). The van der Waals surface area contributed by atoms with Gasteiger partial charge in [0.25, 0.3) is 0 Å². The van der Waals surface area contributed by atoms with Crippen molar-refractivity contribution in [1.29, 1.82) is 0 Å². The highest BCUT2D eigenvalue weighted by molar-refractivity contribution is 6.16. The highest BCUT2D eigenvalue weighted by atomic mass is 15.1. The monoisotopic (exact) mass is 764 g/mol. The molecule has 0 aliphatic heterocycles. The molecule has 282 valence electrons. The van der Waals surface area contributed by atoms with Gasteiger partial charge in [-0.25, -0.2) is 0 Å².